The van der Waals surface area contributed by atoms with Crippen LogP contribution in [0.5, 0.6) is 0 Å². The maximum atomic E-state index is 12.3. The van der Waals surface area contributed by atoms with Crippen molar-refractivity contribution in [1.29, 1.82) is 0 Å². The first-order valence-corrected chi connectivity index (χ1v) is 7.62. The summed E-state index contributed by atoms with van der Waals surface area (Å²) in [6.07, 6.45) is 4.06. The van der Waals surface area contributed by atoms with E-state index in [1.807, 2.05) is 13.8 Å². The Morgan fingerprint density at radius 2 is 2.05 bits per heavy atom. The van der Waals surface area contributed by atoms with Crippen LogP contribution in [0.1, 0.15) is 47.4 Å². The summed E-state index contributed by atoms with van der Waals surface area (Å²) in [5, 5.41) is 12.0. The number of amides is 1. The molecule has 1 saturated carbocycles. The van der Waals surface area contributed by atoms with Crippen LogP contribution in [0.2, 0.25) is 0 Å². The van der Waals surface area contributed by atoms with E-state index in [0.29, 0.717) is 31.6 Å². The van der Waals surface area contributed by atoms with Crippen molar-refractivity contribution in [1.82, 2.24) is 5.32 Å². The van der Waals surface area contributed by atoms with E-state index in [-0.39, 0.29) is 23.5 Å². The third kappa shape index (κ3) is 2.63. The van der Waals surface area contributed by atoms with Crippen LogP contribution >= 0.6 is 0 Å². The van der Waals surface area contributed by atoms with Crippen LogP contribution in [0.3, 0.4) is 0 Å². The Balaban J connectivity index is 1.60. The molecule has 1 aliphatic carbocycles. The van der Waals surface area contributed by atoms with Gasteiger partial charge in [0.15, 0.2) is 5.76 Å². The number of carboxylic acids is 1. The summed E-state index contributed by atoms with van der Waals surface area (Å²) in [4.78, 5) is 23.3. The maximum absolute atomic E-state index is 12.3. The second-order valence-electron chi connectivity index (χ2n) is 6.51. The zero-order valence-corrected chi connectivity index (χ0v) is 12.8. The molecule has 0 aromatic carbocycles. The van der Waals surface area contributed by atoms with E-state index in [9.17, 15) is 9.59 Å². The molecule has 6 heteroatoms. The number of nitrogens with one attached hydrogen (secondary N) is 1. The van der Waals surface area contributed by atoms with E-state index in [1.165, 1.54) is 0 Å². The van der Waals surface area contributed by atoms with Crippen molar-refractivity contribution in [2.45, 2.75) is 51.2 Å². The molecule has 22 heavy (non-hydrogen) atoms. The number of aryl methyl sites for hydroxylation is 1. The summed E-state index contributed by atoms with van der Waals surface area (Å²) < 4.78 is 11.1. The fraction of sp³-hybridized carbons (Fsp3) is 0.625. The van der Waals surface area contributed by atoms with Crippen molar-refractivity contribution in [3.8, 4) is 0 Å². The normalized spacial score (nSPS) is 30.8. The van der Waals surface area contributed by atoms with E-state index >= 15 is 0 Å². The molecule has 1 aromatic heterocycles. The van der Waals surface area contributed by atoms with Crippen LogP contribution in [0.25, 0.3) is 0 Å². The molecule has 1 unspecified atom stereocenters. The van der Waals surface area contributed by atoms with Gasteiger partial charge in [-0.15, -0.1) is 0 Å². The van der Waals surface area contributed by atoms with Gasteiger partial charge in [0.2, 0.25) is 0 Å². The molecular weight excluding hydrogens is 286 g/mol. The minimum atomic E-state index is -0.762. The zero-order chi connectivity index (χ0) is 15.9. The Kier molecular flexibility index (Phi) is 3.72. The lowest BCUT2D eigenvalue weighted by molar-refractivity contribution is -0.181. The summed E-state index contributed by atoms with van der Waals surface area (Å²) in [5.41, 5.74) is 1.44. The number of furan rings is 1. The molecule has 1 amide bonds. The predicted octanol–water partition coefficient (Wildman–Crippen LogP) is 2.04. The molecule has 120 valence electrons. The number of hydrogen-bond donors (Lipinski definition) is 2. The van der Waals surface area contributed by atoms with Gasteiger partial charge < -0.3 is 19.6 Å². The van der Waals surface area contributed by atoms with Crippen LogP contribution in [0, 0.1) is 19.8 Å². The topological polar surface area (TPSA) is 88.8 Å². The molecule has 1 saturated heterocycles. The van der Waals surface area contributed by atoms with Crippen LogP contribution in [-0.4, -0.2) is 35.2 Å². The zero-order valence-electron chi connectivity index (χ0n) is 12.8. The van der Waals surface area contributed by atoms with E-state index in [0.717, 1.165) is 17.5 Å². The van der Waals surface area contributed by atoms with Gasteiger partial charge in [0.25, 0.3) is 5.91 Å². The first kappa shape index (κ1) is 15.1. The molecule has 0 bridgehead atoms. The molecule has 2 heterocycles. The van der Waals surface area contributed by atoms with Crippen molar-refractivity contribution < 1.29 is 23.8 Å². The summed E-state index contributed by atoms with van der Waals surface area (Å²) >= 11 is 0. The summed E-state index contributed by atoms with van der Waals surface area (Å²) in [6, 6.07) is 0.000742. The lowest BCUT2D eigenvalue weighted by atomic mass is 9.66. The highest BCUT2D eigenvalue weighted by Crippen LogP contribution is 2.46. The molecule has 2 aliphatic rings. The monoisotopic (exact) mass is 307 g/mol. The van der Waals surface area contributed by atoms with Crippen molar-refractivity contribution in [2.24, 2.45) is 5.92 Å². The van der Waals surface area contributed by atoms with Gasteiger partial charge in [-0.3, -0.25) is 9.59 Å². The van der Waals surface area contributed by atoms with E-state index in [2.05, 4.69) is 5.32 Å². The maximum Gasteiger partial charge on any atom is 0.306 e. The lowest BCUT2D eigenvalue weighted by Gasteiger charge is -2.50. The van der Waals surface area contributed by atoms with Gasteiger partial charge in [0.1, 0.15) is 0 Å². The molecule has 6 nitrogen and oxygen atoms in total. The van der Waals surface area contributed by atoms with E-state index in [4.69, 9.17) is 14.3 Å². The average molecular weight is 307 g/mol. The fourth-order valence-corrected chi connectivity index (χ4v) is 3.43. The second-order valence-corrected chi connectivity index (χ2v) is 6.51. The number of carbonyl (C=O) groups is 2. The highest BCUT2D eigenvalue weighted by atomic mass is 16.5. The largest absolute Gasteiger partial charge is 0.481 e. The smallest absolute Gasteiger partial charge is 0.306 e. The van der Waals surface area contributed by atoms with Gasteiger partial charge in [-0.25, -0.2) is 0 Å². The Morgan fingerprint density at radius 1 is 1.32 bits per heavy atom. The highest BCUT2D eigenvalue weighted by molar-refractivity contribution is 5.93. The molecule has 2 fully saturated rings. The standard InChI is InChI=1S/C16H21NO5/c1-9-8-21-13(10(9)2)14(18)17-12-3-4-22-16(7-12)5-11(6-16)15(19)20/h8,11-12H,3-7H2,1-2H3,(H,17,18)(H,19,20). The average Bonchev–Trinajstić information content (AvgIpc) is 2.76. The number of ether oxygens (including phenoxy) is 1. The first-order chi connectivity index (χ1) is 10.4. The number of carbonyl (C=O) groups excluding carboxylic acids is 1. The number of hydrogen-bond acceptors (Lipinski definition) is 4. The van der Waals surface area contributed by atoms with Gasteiger partial charge in [-0.05, 0) is 45.1 Å². The van der Waals surface area contributed by atoms with Crippen LogP contribution in [0.15, 0.2) is 10.7 Å². The first-order valence-electron chi connectivity index (χ1n) is 7.62. The van der Waals surface area contributed by atoms with Gasteiger partial charge in [-0.1, -0.05) is 0 Å². The Labute approximate surface area is 128 Å². The van der Waals surface area contributed by atoms with Crippen LogP contribution in [0.4, 0.5) is 0 Å². The van der Waals surface area contributed by atoms with Gasteiger partial charge in [0, 0.05) is 18.2 Å². The van der Waals surface area contributed by atoms with Crippen molar-refractivity contribution in [3.63, 3.8) is 0 Å². The number of aliphatic carboxylic acids is 1. The third-order valence-electron chi connectivity index (χ3n) is 4.91. The molecule has 0 radical (unpaired) electrons. The Bertz CT molecular complexity index is 600. The Morgan fingerprint density at radius 3 is 2.64 bits per heavy atom. The van der Waals surface area contributed by atoms with Crippen molar-refractivity contribution >= 4 is 11.9 Å². The molecule has 2 N–H and O–H groups in total. The summed E-state index contributed by atoms with van der Waals surface area (Å²) in [5.74, 6) is -0.927. The highest BCUT2D eigenvalue weighted by Gasteiger charge is 2.51. The van der Waals surface area contributed by atoms with Gasteiger partial charge >= 0.3 is 5.97 Å². The Hall–Kier alpha value is -1.82. The second kappa shape index (κ2) is 5.43. The quantitative estimate of drug-likeness (QED) is 0.892. The SMILES string of the molecule is Cc1coc(C(=O)NC2CCOC3(C2)CC(C(=O)O)C3)c1C. The third-order valence-corrected chi connectivity index (χ3v) is 4.91. The van der Waals surface area contributed by atoms with Crippen LogP contribution in [-0.2, 0) is 9.53 Å². The summed E-state index contributed by atoms with van der Waals surface area (Å²) in [7, 11) is 0. The molecular formula is C16H21NO5. The van der Waals surface area contributed by atoms with Crippen molar-refractivity contribution in [3.05, 3.63) is 23.2 Å². The minimum absolute atomic E-state index is 0.000742. The summed E-state index contributed by atoms with van der Waals surface area (Å²) in [6.45, 7) is 4.31. The molecule has 1 aliphatic heterocycles. The molecule has 1 spiro atoms. The van der Waals surface area contributed by atoms with Gasteiger partial charge in [0.05, 0.1) is 17.8 Å². The molecule has 1 atom stereocenters. The number of carboxylic acid groups (broad SMARTS) is 1. The minimum Gasteiger partial charge on any atom is -0.481 e. The van der Waals surface area contributed by atoms with Gasteiger partial charge in [-0.2, -0.15) is 0 Å². The molecule has 3 rings (SSSR count). The van der Waals surface area contributed by atoms with E-state index in [1.54, 1.807) is 6.26 Å². The fourth-order valence-electron chi connectivity index (χ4n) is 3.43. The van der Waals surface area contributed by atoms with Crippen molar-refractivity contribution in [2.75, 3.05) is 6.61 Å². The predicted molar refractivity (Wildman–Crippen MR) is 77.7 cm³/mol. The number of rotatable bonds is 3. The molecule has 1 aromatic rings. The lowest BCUT2D eigenvalue weighted by Crippen LogP contribution is -2.56. The van der Waals surface area contributed by atoms with E-state index < -0.39 is 5.97 Å². The van der Waals surface area contributed by atoms with Crippen LogP contribution < -0.4 is 5.32 Å².